The minimum atomic E-state index is -0.00655. The van der Waals surface area contributed by atoms with Crippen molar-refractivity contribution in [2.45, 2.75) is 27.2 Å². The number of para-hydroxylation sites is 2. The van der Waals surface area contributed by atoms with Crippen LogP contribution in [-0.2, 0) is 0 Å². The standard InChI is InChI=1S/C44H35BO2/c1-4-6-14-30(5-2)31-20-22-33(23-21-31)36-28-37(34-26-24-32(25-27-34)35-15-8-7-13-29(35)3)44-42-43(36)46-40-18-11-9-16-38(40)45(42)39-17-10-12-19-41(39)47-44/h5-28H,4H2,1-3H3/b14-6-,30-5+. The average Bonchev–Trinajstić information content (AvgIpc) is 3.12. The Morgan fingerprint density at radius 3 is 1.68 bits per heavy atom. The van der Waals surface area contributed by atoms with E-state index in [2.05, 4.69) is 166 Å². The summed E-state index contributed by atoms with van der Waals surface area (Å²) in [5.41, 5.74) is 13.9. The van der Waals surface area contributed by atoms with Crippen molar-refractivity contribution in [3.63, 3.8) is 0 Å². The number of aryl methyl sites for hydroxylation is 1. The largest absolute Gasteiger partial charge is 0.458 e. The van der Waals surface area contributed by atoms with Crippen LogP contribution in [0.5, 0.6) is 23.0 Å². The van der Waals surface area contributed by atoms with Gasteiger partial charge in [-0.25, -0.2) is 0 Å². The maximum Gasteiger partial charge on any atom is 0.260 e. The predicted octanol–water partition coefficient (Wildman–Crippen LogP) is 10.1. The molecular formula is C44H35BO2. The van der Waals surface area contributed by atoms with Gasteiger partial charge in [-0.15, -0.1) is 0 Å². The molecule has 8 rings (SSSR count). The van der Waals surface area contributed by atoms with Crippen LogP contribution >= 0.6 is 0 Å². The summed E-state index contributed by atoms with van der Waals surface area (Å²) in [5.74, 6) is 3.51. The highest BCUT2D eigenvalue weighted by Crippen LogP contribution is 2.46. The fourth-order valence-corrected chi connectivity index (χ4v) is 7.07. The van der Waals surface area contributed by atoms with Crippen LogP contribution in [0.25, 0.3) is 39.0 Å². The van der Waals surface area contributed by atoms with Gasteiger partial charge in [0.2, 0.25) is 0 Å². The molecule has 2 nitrogen and oxygen atoms in total. The highest BCUT2D eigenvalue weighted by Gasteiger charge is 2.42. The molecule has 2 heterocycles. The van der Waals surface area contributed by atoms with Crippen LogP contribution in [0.4, 0.5) is 0 Å². The van der Waals surface area contributed by atoms with E-state index in [1.54, 1.807) is 0 Å². The second kappa shape index (κ2) is 12.0. The Morgan fingerprint density at radius 2 is 1.13 bits per heavy atom. The second-order valence-electron chi connectivity index (χ2n) is 12.3. The first-order valence-corrected chi connectivity index (χ1v) is 16.5. The molecule has 47 heavy (non-hydrogen) atoms. The van der Waals surface area contributed by atoms with E-state index in [-0.39, 0.29) is 6.71 Å². The molecule has 2 aliphatic rings. The van der Waals surface area contributed by atoms with Crippen molar-refractivity contribution in [2.75, 3.05) is 0 Å². The van der Waals surface area contributed by atoms with E-state index < -0.39 is 0 Å². The lowest BCUT2D eigenvalue weighted by Crippen LogP contribution is -2.57. The molecule has 2 aliphatic heterocycles. The molecule has 0 unspecified atom stereocenters. The Balaban J connectivity index is 1.34. The molecule has 0 bridgehead atoms. The molecule has 0 aromatic heterocycles. The van der Waals surface area contributed by atoms with Gasteiger partial charge in [0.1, 0.15) is 23.0 Å². The summed E-state index contributed by atoms with van der Waals surface area (Å²) in [6.45, 7) is 6.41. The Morgan fingerprint density at radius 1 is 0.617 bits per heavy atom. The van der Waals surface area contributed by atoms with Crippen molar-refractivity contribution >= 4 is 28.7 Å². The summed E-state index contributed by atoms with van der Waals surface area (Å²) < 4.78 is 13.7. The van der Waals surface area contributed by atoms with Gasteiger partial charge in [-0.3, -0.25) is 0 Å². The van der Waals surface area contributed by atoms with Crippen LogP contribution in [0.1, 0.15) is 31.4 Å². The van der Waals surface area contributed by atoms with Crippen molar-refractivity contribution in [3.8, 4) is 56.4 Å². The highest BCUT2D eigenvalue weighted by molar-refractivity contribution is 6.98. The Kier molecular flexibility index (Phi) is 7.38. The molecular weight excluding hydrogens is 571 g/mol. The first-order valence-electron chi connectivity index (χ1n) is 16.5. The number of allylic oxidation sites excluding steroid dienone is 4. The molecule has 0 radical (unpaired) electrons. The molecule has 0 saturated heterocycles. The smallest absolute Gasteiger partial charge is 0.260 e. The zero-order valence-electron chi connectivity index (χ0n) is 27.0. The van der Waals surface area contributed by atoms with Crippen molar-refractivity contribution < 1.29 is 9.47 Å². The van der Waals surface area contributed by atoms with Crippen molar-refractivity contribution in [3.05, 3.63) is 157 Å². The molecule has 226 valence electrons. The Hall–Kier alpha value is -5.54. The summed E-state index contributed by atoms with van der Waals surface area (Å²) >= 11 is 0. The maximum atomic E-state index is 6.86. The second-order valence-corrected chi connectivity index (χ2v) is 12.3. The number of hydrogen-bond acceptors (Lipinski definition) is 2. The van der Waals surface area contributed by atoms with Gasteiger partial charge >= 0.3 is 0 Å². The molecule has 0 amide bonds. The zero-order valence-corrected chi connectivity index (χ0v) is 27.0. The van der Waals surface area contributed by atoms with Crippen LogP contribution < -0.4 is 25.9 Å². The SMILES string of the molecule is C/C=C(\C=C/CC)c1ccc(-c2cc(-c3ccc(-c4ccccc4C)cc3)c3c4c2Oc2ccccc2B4c2ccccc2O3)cc1. The topological polar surface area (TPSA) is 18.5 Å². The molecule has 0 spiro atoms. The predicted molar refractivity (Wildman–Crippen MR) is 198 cm³/mol. The molecule has 0 aliphatic carbocycles. The first kappa shape index (κ1) is 28.9. The van der Waals surface area contributed by atoms with E-state index >= 15 is 0 Å². The highest BCUT2D eigenvalue weighted by atomic mass is 16.5. The number of benzene rings is 6. The van der Waals surface area contributed by atoms with Crippen LogP contribution in [0, 0.1) is 6.92 Å². The van der Waals surface area contributed by atoms with Gasteiger partial charge in [0.05, 0.1) is 0 Å². The zero-order chi connectivity index (χ0) is 31.9. The summed E-state index contributed by atoms with van der Waals surface area (Å²) in [6, 6.07) is 45.4. The van der Waals surface area contributed by atoms with E-state index in [1.807, 2.05) is 0 Å². The fraction of sp³-hybridized carbons (Fsp3) is 0.0909. The quantitative estimate of drug-likeness (QED) is 0.139. The van der Waals surface area contributed by atoms with Gasteiger partial charge in [0, 0.05) is 16.6 Å². The van der Waals surface area contributed by atoms with Gasteiger partial charge in [-0.05, 0) is 88.3 Å². The van der Waals surface area contributed by atoms with Gasteiger partial charge in [0.25, 0.3) is 6.71 Å². The minimum absolute atomic E-state index is 0.00655. The molecule has 0 N–H and O–H groups in total. The van der Waals surface area contributed by atoms with E-state index in [1.165, 1.54) is 27.8 Å². The maximum absolute atomic E-state index is 6.86. The Labute approximate surface area is 277 Å². The summed E-state index contributed by atoms with van der Waals surface area (Å²) in [4.78, 5) is 0. The third-order valence-electron chi connectivity index (χ3n) is 9.47. The normalized spacial score (nSPS) is 13.0. The van der Waals surface area contributed by atoms with E-state index in [9.17, 15) is 0 Å². The van der Waals surface area contributed by atoms with Crippen LogP contribution in [0.2, 0.25) is 0 Å². The van der Waals surface area contributed by atoms with Gasteiger partial charge in [0.15, 0.2) is 0 Å². The minimum Gasteiger partial charge on any atom is -0.458 e. The number of rotatable bonds is 6. The molecule has 6 aromatic carbocycles. The summed E-state index contributed by atoms with van der Waals surface area (Å²) in [7, 11) is 0. The molecule has 3 heteroatoms. The van der Waals surface area contributed by atoms with Crippen molar-refractivity contribution in [1.82, 2.24) is 0 Å². The monoisotopic (exact) mass is 606 g/mol. The van der Waals surface area contributed by atoms with E-state index in [0.29, 0.717) is 0 Å². The molecule has 0 saturated carbocycles. The third kappa shape index (κ3) is 5.00. The molecule has 0 atom stereocenters. The van der Waals surface area contributed by atoms with Crippen LogP contribution in [0.3, 0.4) is 0 Å². The van der Waals surface area contributed by atoms with E-state index in [4.69, 9.17) is 9.47 Å². The first-order chi connectivity index (χ1) is 23.1. The fourth-order valence-electron chi connectivity index (χ4n) is 7.07. The molecule has 0 fully saturated rings. The third-order valence-corrected chi connectivity index (χ3v) is 9.47. The summed E-state index contributed by atoms with van der Waals surface area (Å²) in [5, 5.41) is 0. The summed E-state index contributed by atoms with van der Waals surface area (Å²) in [6.07, 6.45) is 7.59. The average molecular weight is 607 g/mol. The lowest BCUT2D eigenvalue weighted by Gasteiger charge is -2.35. The van der Waals surface area contributed by atoms with Gasteiger partial charge in [-0.1, -0.05) is 134 Å². The lowest BCUT2D eigenvalue weighted by molar-refractivity contribution is 0.467. The Bertz CT molecular complexity index is 2180. The van der Waals surface area contributed by atoms with Crippen LogP contribution in [-0.4, -0.2) is 6.71 Å². The number of hydrogen-bond donors (Lipinski definition) is 0. The lowest BCUT2D eigenvalue weighted by atomic mass is 9.34. The molecule has 6 aromatic rings. The van der Waals surface area contributed by atoms with Gasteiger partial charge < -0.3 is 9.47 Å². The van der Waals surface area contributed by atoms with Crippen molar-refractivity contribution in [1.29, 1.82) is 0 Å². The number of fused-ring (bicyclic) bond motifs is 4. The number of ether oxygens (including phenoxy) is 2. The van der Waals surface area contributed by atoms with Crippen LogP contribution in [0.15, 0.2) is 146 Å². The van der Waals surface area contributed by atoms with E-state index in [0.717, 1.165) is 68.1 Å². The van der Waals surface area contributed by atoms with Crippen molar-refractivity contribution in [2.24, 2.45) is 0 Å². The van der Waals surface area contributed by atoms with Gasteiger partial charge in [-0.2, -0.15) is 0 Å².